The monoisotopic (exact) mass is 304 g/mol. The zero-order chi connectivity index (χ0) is 12.7. The lowest BCUT2D eigenvalue weighted by atomic mass is 10.2. The molecule has 0 fully saturated rings. The molecular formula is C13H18BrFO2. The molecule has 0 saturated carbocycles. The Labute approximate surface area is 110 Å². The lowest BCUT2D eigenvalue weighted by molar-refractivity contribution is 0.0314. The Morgan fingerprint density at radius 2 is 1.88 bits per heavy atom. The summed E-state index contributed by atoms with van der Waals surface area (Å²) in [6, 6.07) is 4.74. The highest BCUT2D eigenvalue weighted by Gasteiger charge is 1.99. The molecule has 1 aromatic rings. The summed E-state index contributed by atoms with van der Waals surface area (Å²) in [4.78, 5) is 0. The molecule has 1 aromatic carbocycles. The molecule has 17 heavy (non-hydrogen) atoms. The molecule has 0 N–H and O–H groups in total. The van der Waals surface area contributed by atoms with Crippen molar-refractivity contribution in [3.05, 3.63) is 34.1 Å². The third kappa shape index (κ3) is 6.76. The first-order valence-corrected chi connectivity index (χ1v) is 6.47. The van der Waals surface area contributed by atoms with E-state index in [0.29, 0.717) is 25.7 Å². The summed E-state index contributed by atoms with van der Waals surface area (Å²) in [6.07, 6.45) is 0. The molecule has 0 bridgehead atoms. The summed E-state index contributed by atoms with van der Waals surface area (Å²) < 4.78 is 24.5. The fourth-order valence-corrected chi connectivity index (χ4v) is 1.83. The van der Waals surface area contributed by atoms with Crippen LogP contribution in [0.3, 0.4) is 0 Å². The van der Waals surface area contributed by atoms with Gasteiger partial charge in [0, 0.05) is 11.1 Å². The summed E-state index contributed by atoms with van der Waals surface area (Å²) in [5.74, 6) is 0.281. The normalized spacial score (nSPS) is 11.1. The van der Waals surface area contributed by atoms with Crippen LogP contribution in [0.4, 0.5) is 4.39 Å². The molecule has 0 radical (unpaired) electrons. The maximum Gasteiger partial charge on any atom is 0.124 e. The summed E-state index contributed by atoms with van der Waals surface area (Å²) in [5, 5.41) is 0. The zero-order valence-electron chi connectivity index (χ0n) is 10.2. The van der Waals surface area contributed by atoms with Gasteiger partial charge in [0.1, 0.15) is 5.82 Å². The number of rotatable bonds is 7. The molecule has 0 aromatic heterocycles. The first kappa shape index (κ1) is 14.6. The van der Waals surface area contributed by atoms with Crippen LogP contribution in [0.25, 0.3) is 0 Å². The number of hydrogen-bond donors (Lipinski definition) is 0. The van der Waals surface area contributed by atoms with E-state index in [4.69, 9.17) is 9.47 Å². The van der Waals surface area contributed by atoms with E-state index in [9.17, 15) is 4.39 Å². The molecule has 0 aliphatic carbocycles. The molecule has 0 saturated heterocycles. The first-order chi connectivity index (χ1) is 8.08. The van der Waals surface area contributed by atoms with Gasteiger partial charge < -0.3 is 9.47 Å². The predicted molar refractivity (Wildman–Crippen MR) is 69.4 cm³/mol. The molecule has 2 nitrogen and oxygen atoms in total. The van der Waals surface area contributed by atoms with E-state index in [1.165, 1.54) is 12.1 Å². The van der Waals surface area contributed by atoms with E-state index in [2.05, 4.69) is 29.8 Å². The molecule has 1 rings (SSSR count). The van der Waals surface area contributed by atoms with Crippen LogP contribution in [0.2, 0.25) is 0 Å². The second kappa shape index (κ2) is 7.80. The van der Waals surface area contributed by atoms with E-state index < -0.39 is 0 Å². The van der Waals surface area contributed by atoms with E-state index in [-0.39, 0.29) is 5.82 Å². The van der Waals surface area contributed by atoms with Crippen molar-refractivity contribution in [3.8, 4) is 0 Å². The van der Waals surface area contributed by atoms with Gasteiger partial charge in [0.25, 0.3) is 0 Å². The van der Waals surface area contributed by atoms with Gasteiger partial charge in [0.05, 0.1) is 19.8 Å². The molecule has 0 aliphatic rings. The van der Waals surface area contributed by atoms with E-state index >= 15 is 0 Å². The van der Waals surface area contributed by atoms with Crippen LogP contribution in [-0.2, 0) is 16.1 Å². The summed E-state index contributed by atoms with van der Waals surface area (Å²) in [7, 11) is 0. The Morgan fingerprint density at radius 3 is 2.53 bits per heavy atom. The molecule has 0 spiro atoms. The Hall–Kier alpha value is -0.450. The van der Waals surface area contributed by atoms with E-state index in [1.54, 1.807) is 0 Å². The maximum atomic E-state index is 13.0. The van der Waals surface area contributed by atoms with Crippen LogP contribution < -0.4 is 0 Å². The highest BCUT2D eigenvalue weighted by Crippen LogP contribution is 2.15. The van der Waals surface area contributed by atoms with Crippen LogP contribution in [-0.4, -0.2) is 19.8 Å². The summed E-state index contributed by atoms with van der Waals surface area (Å²) in [5.41, 5.74) is 0.820. The van der Waals surface area contributed by atoms with Crippen molar-refractivity contribution in [2.24, 2.45) is 5.92 Å². The minimum absolute atomic E-state index is 0.256. The molecule has 0 atom stereocenters. The van der Waals surface area contributed by atoms with Gasteiger partial charge in [-0.15, -0.1) is 0 Å². The topological polar surface area (TPSA) is 18.5 Å². The Kier molecular flexibility index (Phi) is 6.70. The van der Waals surface area contributed by atoms with Gasteiger partial charge >= 0.3 is 0 Å². The molecule has 0 heterocycles. The average Bonchev–Trinajstić information content (AvgIpc) is 2.21. The van der Waals surface area contributed by atoms with Crippen molar-refractivity contribution < 1.29 is 13.9 Å². The second-order valence-corrected chi connectivity index (χ2v) is 5.21. The Morgan fingerprint density at radius 1 is 1.18 bits per heavy atom. The SMILES string of the molecule is CC(C)COCCOCc1cc(F)cc(Br)c1. The highest BCUT2D eigenvalue weighted by atomic mass is 79.9. The largest absolute Gasteiger partial charge is 0.379 e. The minimum Gasteiger partial charge on any atom is -0.379 e. The van der Waals surface area contributed by atoms with Crippen molar-refractivity contribution in [1.29, 1.82) is 0 Å². The fraction of sp³-hybridized carbons (Fsp3) is 0.538. The van der Waals surface area contributed by atoms with Crippen LogP contribution in [0.15, 0.2) is 22.7 Å². The standard InChI is InChI=1S/C13H18BrFO2/c1-10(2)8-16-3-4-17-9-11-5-12(14)7-13(15)6-11/h5-7,10H,3-4,8-9H2,1-2H3. The van der Waals surface area contributed by atoms with Crippen molar-refractivity contribution in [2.45, 2.75) is 20.5 Å². The molecular weight excluding hydrogens is 287 g/mol. The third-order valence-electron chi connectivity index (χ3n) is 2.01. The maximum absolute atomic E-state index is 13.0. The van der Waals surface area contributed by atoms with Crippen LogP contribution in [0, 0.1) is 11.7 Å². The van der Waals surface area contributed by atoms with E-state index in [1.807, 2.05) is 6.07 Å². The predicted octanol–water partition coefficient (Wildman–Crippen LogP) is 3.78. The van der Waals surface area contributed by atoms with Crippen molar-refractivity contribution in [2.75, 3.05) is 19.8 Å². The first-order valence-electron chi connectivity index (χ1n) is 5.68. The number of ether oxygens (including phenoxy) is 2. The third-order valence-corrected chi connectivity index (χ3v) is 2.47. The van der Waals surface area contributed by atoms with Gasteiger partial charge in [0.15, 0.2) is 0 Å². The quantitative estimate of drug-likeness (QED) is 0.714. The van der Waals surface area contributed by atoms with Crippen molar-refractivity contribution in [3.63, 3.8) is 0 Å². The van der Waals surface area contributed by atoms with Crippen LogP contribution in [0.5, 0.6) is 0 Å². The summed E-state index contributed by atoms with van der Waals surface area (Å²) in [6.45, 7) is 6.46. The summed E-state index contributed by atoms with van der Waals surface area (Å²) >= 11 is 3.24. The van der Waals surface area contributed by atoms with Crippen LogP contribution >= 0.6 is 15.9 Å². The van der Waals surface area contributed by atoms with E-state index in [0.717, 1.165) is 16.6 Å². The molecule has 0 amide bonds. The number of hydrogen-bond acceptors (Lipinski definition) is 2. The molecule has 0 unspecified atom stereocenters. The highest BCUT2D eigenvalue weighted by molar-refractivity contribution is 9.10. The Balaban J connectivity index is 2.18. The molecule has 96 valence electrons. The molecule has 0 aliphatic heterocycles. The van der Waals surface area contributed by atoms with Gasteiger partial charge in [0.2, 0.25) is 0 Å². The van der Waals surface area contributed by atoms with Gasteiger partial charge in [-0.1, -0.05) is 29.8 Å². The second-order valence-electron chi connectivity index (χ2n) is 4.30. The van der Waals surface area contributed by atoms with Crippen molar-refractivity contribution >= 4 is 15.9 Å². The minimum atomic E-state index is -0.256. The number of benzene rings is 1. The van der Waals surface area contributed by atoms with Gasteiger partial charge in [-0.3, -0.25) is 0 Å². The fourth-order valence-electron chi connectivity index (χ4n) is 1.32. The average molecular weight is 305 g/mol. The molecule has 4 heteroatoms. The lowest BCUT2D eigenvalue weighted by Gasteiger charge is -2.08. The van der Waals surface area contributed by atoms with Gasteiger partial charge in [-0.2, -0.15) is 0 Å². The smallest absolute Gasteiger partial charge is 0.124 e. The lowest BCUT2D eigenvalue weighted by Crippen LogP contribution is -2.08. The number of halogens is 2. The van der Waals surface area contributed by atoms with Gasteiger partial charge in [-0.05, 0) is 29.7 Å². The zero-order valence-corrected chi connectivity index (χ0v) is 11.8. The van der Waals surface area contributed by atoms with Crippen molar-refractivity contribution in [1.82, 2.24) is 0 Å². The Bertz CT molecular complexity index is 322. The van der Waals surface area contributed by atoms with Gasteiger partial charge in [-0.25, -0.2) is 4.39 Å². The van der Waals surface area contributed by atoms with Crippen LogP contribution in [0.1, 0.15) is 19.4 Å².